The van der Waals surface area contributed by atoms with E-state index in [-0.39, 0.29) is 11.8 Å². The van der Waals surface area contributed by atoms with Crippen molar-refractivity contribution in [1.82, 2.24) is 14.9 Å². The fraction of sp³-hybridized carbons (Fsp3) is 0.667. The molecular weight excluding hydrogens is 266 g/mol. The predicted molar refractivity (Wildman–Crippen MR) is 84.0 cm³/mol. The number of carbonyl (C=O) groups excluding carboxylic acids is 1. The third kappa shape index (κ3) is 3.43. The highest BCUT2D eigenvalue weighted by atomic mass is 16.2. The molecule has 0 aliphatic carbocycles. The summed E-state index contributed by atoms with van der Waals surface area (Å²) in [6.45, 7) is 9.02. The van der Waals surface area contributed by atoms with Gasteiger partial charge in [0, 0.05) is 37.9 Å². The molecule has 1 aliphatic heterocycles. The molecule has 1 fully saturated rings. The molecule has 1 aromatic rings. The van der Waals surface area contributed by atoms with E-state index in [0.29, 0.717) is 18.3 Å². The Morgan fingerprint density at radius 1 is 1.48 bits per heavy atom. The Bertz CT molecular complexity index is 501. The van der Waals surface area contributed by atoms with E-state index in [1.165, 1.54) is 0 Å². The first kappa shape index (κ1) is 15.5. The summed E-state index contributed by atoms with van der Waals surface area (Å²) in [5.74, 6) is 1.42. The van der Waals surface area contributed by atoms with Crippen molar-refractivity contribution in [2.24, 2.45) is 5.92 Å². The second-order valence-electron chi connectivity index (χ2n) is 5.53. The van der Waals surface area contributed by atoms with Crippen LogP contribution in [0.1, 0.15) is 32.3 Å². The van der Waals surface area contributed by atoms with Crippen molar-refractivity contribution in [2.45, 2.75) is 33.6 Å². The number of nitrogens with two attached hydrogens (primary N) is 1. The zero-order chi connectivity index (χ0) is 15.4. The lowest BCUT2D eigenvalue weighted by Gasteiger charge is -2.34. The van der Waals surface area contributed by atoms with Crippen LogP contribution in [0.25, 0.3) is 0 Å². The van der Waals surface area contributed by atoms with Crippen molar-refractivity contribution in [2.75, 3.05) is 36.8 Å². The maximum atomic E-state index is 12.5. The number of rotatable bonds is 4. The van der Waals surface area contributed by atoms with E-state index >= 15 is 0 Å². The van der Waals surface area contributed by atoms with E-state index in [2.05, 4.69) is 14.9 Å². The lowest BCUT2D eigenvalue weighted by molar-refractivity contribution is -0.135. The SMILES string of the molecule is CCN(CC)C(=O)C1CCCN(c2ncc(C)c(N)n2)C1. The minimum Gasteiger partial charge on any atom is -0.383 e. The molecule has 2 rings (SSSR count). The molecule has 0 radical (unpaired) electrons. The smallest absolute Gasteiger partial charge is 0.227 e. The fourth-order valence-corrected chi connectivity index (χ4v) is 2.75. The molecule has 116 valence electrons. The van der Waals surface area contributed by atoms with Crippen LogP contribution in [0.15, 0.2) is 6.20 Å². The third-order valence-electron chi connectivity index (χ3n) is 4.13. The Morgan fingerprint density at radius 3 is 2.81 bits per heavy atom. The van der Waals surface area contributed by atoms with Gasteiger partial charge < -0.3 is 15.5 Å². The predicted octanol–water partition coefficient (Wildman–Crippen LogP) is 1.45. The van der Waals surface area contributed by atoms with Crippen molar-refractivity contribution >= 4 is 17.7 Å². The first-order chi connectivity index (χ1) is 10.1. The number of nitrogens with zero attached hydrogens (tertiary/aromatic N) is 4. The average molecular weight is 291 g/mol. The van der Waals surface area contributed by atoms with Crippen LogP contribution < -0.4 is 10.6 Å². The Hall–Kier alpha value is -1.85. The van der Waals surface area contributed by atoms with E-state index < -0.39 is 0 Å². The van der Waals surface area contributed by atoms with E-state index in [9.17, 15) is 4.79 Å². The van der Waals surface area contributed by atoms with Gasteiger partial charge in [-0.25, -0.2) is 4.98 Å². The summed E-state index contributed by atoms with van der Waals surface area (Å²) in [6, 6.07) is 0. The van der Waals surface area contributed by atoms with E-state index in [1.54, 1.807) is 6.20 Å². The fourth-order valence-electron chi connectivity index (χ4n) is 2.75. The number of aryl methyl sites for hydroxylation is 1. The monoisotopic (exact) mass is 291 g/mol. The van der Waals surface area contributed by atoms with Crippen LogP contribution in [-0.4, -0.2) is 47.0 Å². The van der Waals surface area contributed by atoms with Crippen LogP contribution in [0.3, 0.4) is 0 Å². The van der Waals surface area contributed by atoms with Gasteiger partial charge in [0.15, 0.2) is 0 Å². The van der Waals surface area contributed by atoms with Crippen LogP contribution in [0.4, 0.5) is 11.8 Å². The number of hydrogen-bond donors (Lipinski definition) is 1. The van der Waals surface area contributed by atoms with Gasteiger partial charge in [-0.05, 0) is 33.6 Å². The van der Waals surface area contributed by atoms with Crippen molar-refractivity contribution in [3.63, 3.8) is 0 Å². The summed E-state index contributed by atoms with van der Waals surface area (Å²) in [5, 5.41) is 0. The lowest BCUT2D eigenvalue weighted by Crippen LogP contribution is -2.45. The zero-order valence-electron chi connectivity index (χ0n) is 13.2. The first-order valence-corrected chi connectivity index (χ1v) is 7.69. The van der Waals surface area contributed by atoms with E-state index in [1.807, 2.05) is 25.7 Å². The Kier molecular flexibility index (Phi) is 4.98. The second-order valence-corrected chi connectivity index (χ2v) is 5.53. The molecule has 6 heteroatoms. The molecule has 6 nitrogen and oxygen atoms in total. The highest BCUT2D eigenvalue weighted by Gasteiger charge is 2.29. The number of aromatic nitrogens is 2. The molecule has 0 bridgehead atoms. The van der Waals surface area contributed by atoms with Crippen LogP contribution in [0.2, 0.25) is 0 Å². The highest BCUT2D eigenvalue weighted by Crippen LogP contribution is 2.23. The van der Waals surface area contributed by atoms with Gasteiger partial charge in [0.25, 0.3) is 0 Å². The minimum absolute atomic E-state index is 0.0322. The van der Waals surface area contributed by atoms with Crippen LogP contribution in [-0.2, 0) is 4.79 Å². The summed E-state index contributed by atoms with van der Waals surface area (Å²) in [6.07, 6.45) is 3.66. The summed E-state index contributed by atoms with van der Waals surface area (Å²) in [7, 11) is 0. The van der Waals surface area contributed by atoms with Crippen molar-refractivity contribution < 1.29 is 4.79 Å². The van der Waals surface area contributed by atoms with E-state index in [0.717, 1.165) is 38.0 Å². The number of amides is 1. The first-order valence-electron chi connectivity index (χ1n) is 7.69. The lowest BCUT2D eigenvalue weighted by atomic mass is 9.96. The van der Waals surface area contributed by atoms with Gasteiger partial charge in [0.05, 0.1) is 5.92 Å². The average Bonchev–Trinajstić information content (AvgIpc) is 2.51. The molecule has 1 unspecified atom stereocenters. The van der Waals surface area contributed by atoms with Crippen LogP contribution in [0.5, 0.6) is 0 Å². The number of nitrogen functional groups attached to an aromatic ring is 1. The number of anilines is 2. The number of piperidine rings is 1. The number of carbonyl (C=O) groups is 1. The molecule has 2 N–H and O–H groups in total. The van der Waals surface area contributed by atoms with Crippen LogP contribution >= 0.6 is 0 Å². The largest absolute Gasteiger partial charge is 0.383 e. The highest BCUT2D eigenvalue weighted by molar-refractivity contribution is 5.79. The van der Waals surface area contributed by atoms with Gasteiger partial charge >= 0.3 is 0 Å². The Morgan fingerprint density at radius 2 is 2.19 bits per heavy atom. The second kappa shape index (κ2) is 6.74. The summed E-state index contributed by atoms with van der Waals surface area (Å²) >= 11 is 0. The maximum Gasteiger partial charge on any atom is 0.227 e. The van der Waals surface area contributed by atoms with Gasteiger partial charge in [-0.2, -0.15) is 4.98 Å². The molecule has 1 amide bonds. The summed E-state index contributed by atoms with van der Waals surface area (Å²) in [5.41, 5.74) is 6.74. The molecule has 1 saturated heterocycles. The van der Waals surface area contributed by atoms with Crippen LogP contribution in [0, 0.1) is 12.8 Å². The summed E-state index contributed by atoms with van der Waals surface area (Å²) in [4.78, 5) is 25.2. The summed E-state index contributed by atoms with van der Waals surface area (Å²) < 4.78 is 0. The quantitative estimate of drug-likeness (QED) is 0.908. The molecule has 0 aromatic carbocycles. The topological polar surface area (TPSA) is 75.4 Å². The Labute approximate surface area is 126 Å². The van der Waals surface area contributed by atoms with Gasteiger partial charge in [-0.3, -0.25) is 4.79 Å². The van der Waals surface area contributed by atoms with Crippen molar-refractivity contribution in [3.05, 3.63) is 11.8 Å². The van der Waals surface area contributed by atoms with Gasteiger partial charge in [0.2, 0.25) is 11.9 Å². The van der Waals surface area contributed by atoms with Crippen molar-refractivity contribution in [3.8, 4) is 0 Å². The molecular formula is C15H25N5O. The van der Waals surface area contributed by atoms with Gasteiger partial charge in [0.1, 0.15) is 5.82 Å². The maximum absolute atomic E-state index is 12.5. The zero-order valence-corrected chi connectivity index (χ0v) is 13.2. The molecule has 0 spiro atoms. The molecule has 2 heterocycles. The normalized spacial score (nSPS) is 18.6. The third-order valence-corrected chi connectivity index (χ3v) is 4.13. The van der Waals surface area contributed by atoms with Crippen molar-refractivity contribution in [1.29, 1.82) is 0 Å². The molecule has 1 aliphatic rings. The molecule has 21 heavy (non-hydrogen) atoms. The molecule has 1 atom stereocenters. The Balaban J connectivity index is 2.09. The standard InChI is InChI=1S/C15H25N5O/c1-4-19(5-2)14(21)12-7-6-8-20(10-12)15-17-9-11(3)13(16)18-15/h9,12H,4-8,10H2,1-3H3,(H2,16,17,18). The minimum atomic E-state index is 0.0322. The van der Waals surface area contributed by atoms with E-state index in [4.69, 9.17) is 5.73 Å². The number of hydrogen-bond acceptors (Lipinski definition) is 5. The molecule has 1 aromatic heterocycles. The van der Waals surface area contributed by atoms with Gasteiger partial charge in [-0.1, -0.05) is 0 Å². The van der Waals surface area contributed by atoms with Gasteiger partial charge in [-0.15, -0.1) is 0 Å². The molecule has 0 saturated carbocycles.